The molecule has 0 aromatic rings. The van der Waals surface area contributed by atoms with E-state index in [9.17, 15) is 16.8 Å². The summed E-state index contributed by atoms with van der Waals surface area (Å²) in [6, 6.07) is 0.775. The summed E-state index contributed by atoms with van der Waals surface area (Å²) in [6.45, 7) is 32.4. The van der Waals surface area contributed by atoms with Crippen molar-refractivity contribution in [1.29, 1.82) is 0 Å². The molecule has 1 saturated carbocycles. The van der Waals surface area contributed by atoms with Gasteiger partial charge in [-0.3, -0.25) is 0 Å². The van der Waals surface area contributed by atoms with Crippen LogP contribution in [0.1, 0.15) is 333 Å². The van der Waals surface area contributed by atoms with Gasteiger partial charge in [-0.2, -0.15) is 35.3 Å². The van der Waals surface area contributed by atoms with E-state index in [0.29, 0.717) is 41.0 Å². The molecule has 0 aromatic carbocycles. The van der Waals surface area contributed by atoms with Crippen LogP contribution in [-0.4, -0.2) is 137 Å². The first kappa shape index (κ1) is 91.5. The number of hydrogen-bond acceptors (Lipinski definition) is 11. The maximum absolute atomic E-state index is 11.1. The molecule has 0 radical (unpaired) electrons. The van der Waals surface area contributed by atoms with E-state index in [4.69, 9.17) is 4.74 Å². The molecule has 13 heteroatoms. The van der Waals surface area contributed by atoms with Gasteiger partial charge >= 0.3 is 0 Å². The van der Waals surface area contributed by atoms with Gasteiger partial charge in [-0.25, -0.2) is 16.8 Å². The Labute approximate surface area is 595 Å². The van der Waals surface area contributed by atoms with Gasteiger partial charge in [0.15, 0.2) is 9.84 Å². The van der Waals surface area contributed by atoms with Crippen molar-refractivity contribution in [1.82, 2.24) is 15.5 Å². The van der Waals surface area contributed by atoms with E-state index in [1.807, 2.05) is 6.92 Å². The Morgan fingerprint density at radius 1 is 0.387 bits per heavy atom. The first-order chi connectivity index (χ1) is 44.6. The zero-order chi connectivity index (χ0) is 68.5. The maximum atomic E-state index is 11.1. The van der Waals surface area contributed by atoms with E-state index in [1.54, 1.807) is 0 Å². The van der Waals surface area contributed by atoms with E-state index in [1.165, 1.54) is 280 Å². The van der Waals surface area contributed by atoms with Gasteiger partial charge in [0, 0.05) is 17.9 Å². The molecular formula is C80H161N3O5S5. The fourth-order valence-electron chi connectivity index (χ4n) is 13.4. The number of hydrogen-bond donors (Lipinski definition) is 2. The summed E-state index contributed by atoms with van der Waals surface area (Å²) in [5.74, 6) is 15.6. The van der Waals surface area contributed by atoms with Crippen molar-refractivity contribution in [3.05, 3.63) is 12.2 Å². The molecule has 2 N–H and O–H groups in total. The Bertz CT molecular complexity index is 1640. The number of likely N-dealkylation sites (tertiary alicyclic amines) is 1. The average molecular weight is 1410 g/mol. The fraction of sp³-hybridized carbons (Fsp3) is 0.975. The third-order valence-electron chi connectivity index (χ3n) is 20.5. The minimum Gasteiger partial charge on any atom is -0.379 e. The number of rotatable bonds is 0. The van der Waals surface area contributed by atoms with Crippen LogP contribution in [0.3, 0.4) is 0 Å². The van der Waals surface area contributed by atoms with Crippen molar-refractivity contribution in [2.75, 3.05) is 98.2 Å². The molecule has 9 aliphatic heterocycles. The van der Waals surface area contributed by atoms with Gasteiger partial charge in [0.05, 0.1) is 29.1 Å². The number of allylic oxidation sites excluding steroid dienone is 2. The van der Waals surface area contributed by atoms with Gasteiger partial charge < -0.3 is 20.3 Å². The number of thioether (sulfide) groups is 3. The molecular weight excluding hydrogens is 1240 g/mol. The highest BCUT2D eigenvalue weighted by Gasteiger charge is 2.20. The summed E-state index contributed by atoms with van der Waals surface area (Å²) in [7, 11) is -3.10. The summed E-state index contributed by atoms with van der Waals surface area (Å²) in [5, 5.41) is 7.76. The SMILES string of the molecule is CC1CC=CCCC1.CC1CCCCCC1.CC1CCCCCN1.CC1CCCCCO1.CC1CCCCCS1.CC1CCCCS(=O)(=O)C1.CC1CCCCSC1.CC1CCCN(C)CC1.CC1CCCNCC1.CC1CCCS(=O)(=O)CC1.CC1CCCSCC1. The molecule has 9 saturated heterocycles. The summed E-state index contributed by atoms with van der Waals surface area (Å²) in [6.07, 6.45) is 59.2. The molecule has 11 aliphatic rings. The molecule has 11 rings (SSSR count). The molecule has 0 spiro atoms. The van der Waals surface area contributed by atoms with Gasteiger partial charge in [-0.1, -0.05) is 171 Å². The summed E-state index contributed by atoms with van der Waals surface area (Å²) in [5.41, 5.74) is 0. The quantitative estimate of drug-likeness (QED) is 0.179. The van der Waals surface area contributed by atoms with Crippen molar-refractivity contribution in [2.24, 2.45) is 47.3 Å². The van der Waals surface area contributed by atoms with Crippen LogP contribution < -0.4 is 10.6 Å². The van der Waals surface area contributed by atoms with Crippen LogP contribution in [0.25, 0.3) is 0 Å². The van der Waals surface area contributed by atoms with E-state index in [-0.39, 0.29) is 0 Å². The van der Waals surface area contributed by atoms with Crippen LogP contribution in [0.4, 0.5) is 0 Å². The van der Waals surface area contributed by atoms with Crippen LogP contribution in [0.2, 0.25) is 0 Å². The highest BCUT2D eigenvalue weighted by Crippen LogP contribution is 2.26. The summed E-state index contributed by atoms with van der Waals surface area (Å²) in [4.78, 5) is 2.43. The van der Waals surface area contributed by atoms with Gasteiger partial charge in [0.25, 0.3) is 0 Å². The van der Waals surface area contributed by atoms with Crippen molar-refractivity contribution in [2.45, 2.75) is 350 Å². The van der Waals surface area contributed by atoms with Gasteiger partial charge in [0.1, 0.15) is 9.84 Å². The largest absolute Gasteiger partial charge is 0.379 e. The number of nitrogens with one attached hydrogen (secondary N) is 2. The third-order valence-corrected chi connectivity index (χ3v) is 28.1. The van der Waals surface area contributed by atoms with Crippen LogP contribution in [0, 0.1) is 47.3 Å². The molecule has 556 valence electrons. The van der Waals surface area contributed by atoms with Gasteiger partial charge in [-0.05, 0) is 290 Å². The topological polar surface area (TPSA) is 105 Å². The Kier molecular flexibility index (Phi) is 61.3. The Morgan fingerprint density at radius 3 is 1.74 bits per heavy atom. The van der Waals surface area contributed by atoms with Crippen molar-refractivity contribution >= 4 is 55.0 Å². The minimum absolute atomic E-state index is 0.382. The Hall–Kier alpha value is 0.530. The monoisotopic (exact) mass is 1400 g/mol. The maximum Gasteiger partial charge on any atom is 0.150 e. The molecule has 9 heterocycles. The molecule has 10 fully saturated rings. The highest BCUT2D eigenvalue weighted by molar-refractivity contribution is 8.00. The summed E-state index contributed by atoms with van der Waals surface area (Å²) >= 11 is 6.38. The molecule has 93 heavy (non-hydrogen) atoms. The molecule has 0 aromatic heterocycles. The molecule has 10 atom stereocenters. The first-order valence-corrected chi connectivity index (χ1v) is 47.2. The van der Waals surface area contributed by atoms with Crippen molar-refractivity contribution in [3.8, 4) is 0 Å². The zero-order valence-corrected chi connectivity index (χ0v) is 68.0. The van der Waals surface area contributed by atoms with Crippen LogP contribution in [-0.2, 0) is 24.4 Å². The lowest BCUT2D eigenvalue weighted by molar-refractivity contribution is 0.0722. The predicted octanol–water partition coefficient (Wildman–Crippen LogP) is 22.6. The molecule has 8 nitrogen and oxygen atoms in total. The van der Waals surface area contributed by atoms with Crippen LogP contribution in [0.15, 0.2) is 12.2 Å². The Balaban J connectivity index is 0.000000512. The number of sulfone groups is 2. The van der Waals surface area contributed by atoms with Crippen LogP contribution >= 0.6 is 35.3 Å². The summed E-state index contributed by atoms with van der Waals surface area (Å²) < 4.78 is 49.6. The minimum atomic E-state index is -2.67. The van der Waals surface area contributed by atoms with E-state index < -0.39 is 19.7 Å². The molecule has 2 aliphatic carbocycles. The lowest BCUT2D eigenvalue weighted by Gasteiger charge is -2.11. The predicted molar refractivity (Wildman–Crippen MR) is 424 cm³/mol. The normalized spacial score (nSPS) is 31.4. The van der Waals surface area contributed by atoms with E-state index in [0.717, 1.165) is 91.9 Å². The standard InChI is InChI=1S/C8H17N.C8H16.C8H14.2C7H15N.2C7H14O2S.C7H14O.3C7H14S/c1-8-4-3-6-9(2)7-5-8;2*1-8-6-4-2-3-5-7-8;1-7-3-2-5-8-6-4-7;1-7-5-3-2-4-6-8-7;1-7-3-2-5-10(8,9)6-4-7;1-7-4-2-3-5-10(8,9)6-7;1-7-5-3-2-4-6-8-7;1-7-3-2-5-8-6-4-7;1-7-4-2-3-5-8-6-7;1-7-5-3-2-4-6-8-7/h8H,3-7H2,1-2H3;8H,2-7H2,1H3;2,4,8H,3,5-7H2,1H3;2*7-8H,2-6H2,1H3;2*7H,2-6H2,1H3;4*7H,2-6H2,1H3. The zero-order valence-electron chi connectivity index (χ0n) is 63.9. The van der Waals surface area contributed by atoms with E-state index in [2.05, 4.69) is 139 Å². The number of ether oxygens (including phenoxy) is 1. The molecule has 0 amide bonds. The second-order valence-corrected chi connectivity index (χ2v) is 39.9. The van der Waals surface area contributed by atoms with E-state index >= 15 is 0 Å². The Morgan fingerprint density at radius 2 is 0.946 bits per heavy atom. The first-order valence-electron chi connectivity index (χ1n) is 40.2. The second-order valence-electron chi connectivity index (χ2n) is 31.5. The third kappa shape index (κ3) is 63.2. The molecule has 10 unspecified atom stereocenters. The lowest BCUT2D eigenvalue weighted by atomic mass is 10.0. The van der Waals surface area contributed by atoms with Gasteiger partial charge in [0.2, 0.25) is 0 Å². The average Bonchev–Trinajstić information content (AvgIpc) is 4.47. The number of nitrogens with zero attached hydrogens (tertiary/aromatic N) is 1. The van der Waals surface area contributed by atoms with Gasteiger partial charge in [-0.15, -0.1) is 0 Å². The van der Waals surface area contributed by atoms with Crippen LogP contribution in [0.5, 0.6) is 0 Å². The highest BCUT2D eigenvalue weighted by atomic mass is 32.2. The van der Waals surface area contributed by atoms with Crippen molar-refractivity contribution < 1.29 is 21.6 Å². The smallest absolute Gasteiger partial charge is 0.150 e. The second kappa shape index (κ2) is 62.3. The lowest BCUT2D eigenvalue weighted by Crippen LogP contribution is -2.24. The molecule has 0 bridgehead atoms. The fourth-order valence-corrected chi connectivity index (χ4v) is 20.2. The van der Waals surface area contributed by atoms with Crippen molar-refractivity contribution in [3.63, 3.8) is 0 Å².